The van der Waals surface area contributed by atoms with Crippen LogP contribution in [0.4, 0.5) is 0 Å². The van der Waals surface area contributed by atoms with Crippen molar-refractivity contribution < 1.29 is 14.3 Å². The first-order valence-electron chi connectivity index (χ1n) is 7.20. The van der Waals surface area contributed by atoms with E-state index in [-0.39, 0.29) is 17.2 Å². The molecule has 0 bridgehead atoms. The van der Waals surface area contributed by atoms with Crippen molar-refractivity contribution in [3.63, 3.8) is 0 Å². The van der Waals surface area contributed by atoms with Crippen molar-refractivity contribution in [1.29, 1.82) is 0 Å². The van der Waals surface area contributed by atoms with Gasteiger partial charge in [-0.2, -0.15) is 0 Å². The molecule has 1 aliphatic heterocycles. The third-order valence-electron chi connectivity index (χ3n) is 5.31. The highest BCUT2D eigenvalue weighted by molar-refractivity contribution is 6.01. The lowest BCUT2D eigenvalue weighted by molar-refractivity contribution is -0.183. The minimum absolute atomic E-state index is 0.0108. The van der Waals surface area contributed by atoms with E-state index in [0.29, 0.717) is 12.3 Å². The number of allylic oxidation sites excluding steroid dienone is 3. The van der Waals surface area contributed by atoms with Gasteiger partial charge in [0, 0.05) is 11.8 Å². The number of carbonyl (C=O) groups excluding carboxylic acids is 2. The number of hydrogen-bond acceptors (Lipinski definition) is 3. The second-order valence-electron chi connectivity index (χ2n) is 6.47. The second-order valence-corrected chi connectivity index (χ2v) is 6.47. The molecule has 0 aromatic heterocycles. The van der Waals surface area contributed by atoms with Gasteiger partial charge in [-0.1, -0.05) is 19.1 Å². The Kier molecular flexibility index (Phi) is 2.79. The summed E-state index contributed by atoms with van der Waals surface area (Å²) >= 11 is 0. The zero-order chi connectivity index (χ0) is 14.5. The highest BCUT2D eigenvalue weighted by Gasteiger charge is 2.61. The minimum Gasteiger partial charge on any atom is -0.450 e. The van der Waals surface area contributed by atoms with E-state index >= 15 is 0 Å². The van der Waals surface area contributed by atoms with Gasteiger partial charge in [0.1, 0.15) is 0 Å². The standard InChI is InChI=1S/C17H20O3/c1-11(2)14-5-4-12-10-13(18)6-9-17(12)16(14,3)8-7-15(19)20-17/h6,9-10,14H,1,4-5,7-8H2,2-3H3. The van der Waals surface area contributed by atoms with Crippen LogP contribution in [0, 0.1) is 11.3 Å². The van der Waals surface area contributed by atoms with Crippen molar-refractivity contribution >= 4 is 11.8 Å². The lowest BCUT2D eigenvalue weighted by atomic mass is 9.51. The summed E-state index contributed by atoms with van der Waals surface area (Å²) < 4.78 is 5.83. The average molecular weight is 272 g/mol. The molecule has 0 N–H and O–H groups in total. The number of esters is 1. The summed E-state index contributed by atoms with van der Waals surface area (Å²) in [7, 11) is 0. The van der Waals surface area contributed by atoms with Crippen LogP contribution >= 0.6 is 0 Å². The first-order valence-corrected chi connectivity index (χ1v) is 7.20. The summed E-state index contributed by atoms with van der Waals surface area (Å²) in [6.07, 6.45) is 7.99. The number of carbonyl (C=O) groups is 2. The van der Waals surface area contributed by atoms with Gasteiger partial charge in [-0.3, -0.25) is 9.59 Å². The van der Waals surface area contributed by atoms with E-state index in [2.05, 4.69) is 13.5 Å². The summed E-state index contributed by atoms with van der Waals surface area (Å²) in [6, 6.07) is 0. The molecule has 1 spiro atoms. The molecule has 1 heterocycles. The molecular weight excluding hydrogens is 252 g/mol. The van der Waals surface area contributed by atoms with Gasteiger partial charge in [0.2, 0.25) is 0 Å². The Morgan fingerprint density at radius 2 is 2.15 bits per heavy atom. The predicted molar refractivity (Wildman–Crippen MR) is 75.9 cm³/mol. The van der Waals surface area contributed by atoms with Crippen LogP contribution in [0.15, 0.2) is 36.0 Å². The fourth-order valence-corrected chi connectivity index (χ4v) is 4.28. The van der Waals surface area contributed by atoms with Gasteiger partial charge in [0.15, 0.2) is 11.4 Å². The Hall–Kier alpha value is -1.64. The first-order chi connectivity index (χ1) is 9.39. The van der Waals surface area contributed by atoms with Crippen molar-refractivity contribution in [3.8, 4) is 0 Å². The summed E-state index contributed by atoms with van der Waals surface area (Å²) in [6.45, 7) is 8.35. The molecule has 1 saturated carbocycles. The number of hydrogen-bond donors (Lipinski definition) is 0. The smallest absolute Gasteiger partial charge is 0.307 e. The molecule has 3 nitrogen and oxygen atoms in total. The van der Waals surface area contributed by atoms with Crippen molar-refractivity contribution in [2.45, 2.75) is 45.1 Å². The molecular formula is C17H20O3. The molecule has 20 heavy (non-hydrogen) atoms. The summed E-state index contributed by atoms with van der Waals surface area (Å²) in [5.74, 6) is 0.128. The van der Waals surface area contributed by atoms with Crippen molar-refractivity contribution in [1.82, 2.24) is 0 Å². The molecule has 106 valence electrons. The molecule has 2 fully saturated rings. The highest BCUT2D eigenvalue weighted by Crippen LogP contribution is 2.60. The third kappa shape index (κ3) is 1.58. The van der Waals surface area contributed by atoms with Crippen LogP contribution < -0.4 is 0 Å². The SMILES string of the molecule is C=C(C)C1CCC2=CC(=O)C=CC23OC(=O)CCC13C. The van der Waals surface area contributed by atoms with Gasteiger partial charge in [-0.15, -0.1) is 0 Å². The lowest BCUT2D eigenvalue weighted by Crippen LogP contribution is -2.60. The molecule has 3 aliphatic rings. The van der Waals surface area contributed by atoms with E-state index in [1.807, 2.05) is 13.0 Å². The molecule has 0 aromatic rings. The first kappa shape index (κ1) is 13.3. The zero-order valence-electron chi connectivity index (χ0n) is 12.1. The Morgan fingerprint density at radius 3 is 2.85 bits per heavy atom. The molecule has 0 radical (unpaired) electrons. The summed E-state index contributed by atoms with van der Waals surface area (Å²) in [5.41, 5.74) is 1.15. The Bertz CT molecular complexity index is 569. The molecule has 3 unspecified atom stereocenters. The van der Waals surface area contributed by atoms with Crippen LogP contribution in [-0.4, -0.2) is 17.4 Å². The van der Waals surface area contributed by atoms with Crippen LogP contribution in [0.5, 0.6) is 0 Å². The van der Waals surface area contributed by atoms with E-state index in [0.717, 1.165) is 30.4 Å². The van der Waals surface area contributed by atoms with Crippen LogP contribution in [0.25, 0.3) is 0 Å². The van der Waals surface area contributed by atoms with Crippen LogP contribution in [0.1, 0.15) is 39.5 Å². The van der Waals surface area contributed by atoms with Gasteiger partial charge >= 0.3 is 5.97 Å². The fraction of sp³-hybridized carbons (Fsp3) is 0.529. The maximum atomic E-state index is 11.9. The monoisotopic (exact) mass is 272 g/mol. The van der Waals surface area contributed by atoms with Crippen LogP contribution in [0.3, 0.4) is 0 Å². The van der Waals surface area contributed by atoms with Gasteiger partial charge in [0.05, 0.1) is 0 Å². The van der Waals surface area contributed by atoms with Gasteiger partial charge < -0.3 is 4.74 Å². The van der Waals surface area contributed by atoms with Gasteiger partial charge in [-0.05, 0) is 55.9 Å². The Labute approximate surface area is 119 Å². The quantitative estimate of drug-likeness (QED) is 0.544. The Morgan fingerprint density at radius 1 is 1.40 bits per heavy atom. The van der Waals surface area contributed by atoms with E-state index in [1.54, 1.807) is 12.2 Å². The van der Waals surface area contributed by atoms with Crippen LogP contribution in [-0.2, 0) is 14.3 Å². The third-order valence-corrected chi connectivity index (χ3v) is 5.31. The summed E-state index contributed by atoms with van der Waals surface area (Å²) in [4.78, 5) is 23.5. The normalized spacial score (nSPS) is 39.5. The van der Waals surface area contributed by atoms with E-state index < -0.39 is 5.60 Å². The molecule has 3 heteroatoms. The molecule has 1 saturated heterocycles. The maximum absolute atomic E-state index is 11.9. The molecule has 3 rings (SSSR count). The minimum atomic E-state index is -0.738. The topological polar surface area (TPSA) is 43.4 Å². The number of rotatable bonds is 1. The largest absolute Gasteiger partial charge is 0.450 e. The fourth-order valence-electron chi connectivity index (χ4n) is 4.28. The van der Waals surface area contributed by atoms with Crippen LogP contribution in [0.2, 0.25) is 0 Å². The van der Waals surface area contributed by atoms with Gasteiger partial charge in [-0.25, -0.2) is 0 Å². The zero-order valence-corrected chi connectivity index (χ0v) is 12.1. The molecule has 0 aromatic carbocycles. The molecule has 3 atom stereocenters. The predicted octanol–water partition coefficient (Wildman–Crippen LogP) is 3.12. The van der Waals surface area contributed by atoms with E-state index in [4.69, 9.17) is 4.74 Å². The van der Waals surface area contributed by atoms with Gasteiger partial charge in [0.25, 0.3) is 0 Å². The van der Waals surface area contributed by atoms with E-state index in [9.17, 15) is 9.59 Å². The Balaban J connectivity index is 2.16. The maximum Gasteiger partial charge on any atom is 0.307 e. The van der Waals surface area contributed by atoms with Crippen molar-refractivity contribution in [2.75, 3.05) is 0 Å². The summed E-state index contributed by atoms with van der Waals surface area (Å²) in [5, 5.41) is 0. The van der Waals surface area contributed by atoms with Crippen molar-refractivity contribution in [3.05, 3.63) is 36.0 Å². The highest BCUT2D eigenvalue weighted by atomic mass is 16.6. The number of ketones is 1. The molecule has 0 amide bonds. The van der Waals surface area contributed by atoms with E-state index in [1.165, 1.54) is 0 Å². The molecule has 2 aliphatic carbocycles. The van der Waals surface area contributed by atoms with Crippen molar-refractivity contribution in [2.24, 2.45) is 11.3 Å². The lowest BCUT2D eigenvalue weighted by Gasteiger charge is -2.58. The average Bonchev–Trinajstić information content (AvgIpc) is 2.38. The second kappa shape index (κ2) is 4.18. The number of ether oxygens (including phenoxy) is 1.